The Bertz CT molecular complexity index is 447. The largest absolute Gasteiger partial charge is 0.313 e. The Hall–Kier alpha value is -0.820. The van der Waals surface area contributed by atoms with Crippen molar-refractivity contribution in [2.45, 2.75) is 58.4 Å². The van der Waals surface area contributed by atoms with E-state index < -0.39 is 0 Å². The van der Waals surface area contributed by atoms with Crippen LogP contribution < -0.4 is 5.32 Å². The number of fused-ring (bicyclic) bond motifs is 3. The first kappa shape index (κ1) is 13.2. The summed E-state index contributed by atoms with van der Waals surface area (Å²) in [4.78, 5) is 0. The van der Waals surface area contributed by atoms with Crippen molar-refractivity contribution in [3.8, 4) is 0 Å². The summed E-state index contributed by atoms with van der Waals surface area (Å²) in [5.41, 5.74) is 3.78. The van der Waals surface area contributed by atoms with Crippen LogP contribution in [0, 0.1) is 11.3 Å². The summed E-state index contributed by atoms with van der Waals surface area (Å²) in [6, 6.07) is 9.90. The Labute approximate surface area is 117 Å². The molecule has 1 aromatic rings. The molecule has 3 rings (SSSR count). The van der Waals surface area contributed by atoms with Gasteiger partial charge < -0.3 is 5.32 Å². The second-order valence-electron chi connectivity index (χ2n) is 6.42. The fourth-order valence-corrected chi connectivity index (χ4v) is 4.96. The van der Waals surface area contributed by atoms with Crippen molar-refractivity contribution >= 4 is 0 Å². The molecule has 1 saturated carbocycles. The molecule has 0 heterocycles. The van der Waals surface area contributed by atoms with E-state index in [2.05, 4.69) is 50.4 Å². The summed E-state index contributed by atoms with van der Waals surface area (Å²) in [5.74, 6) is 1.66. The van der Waals surface area contributed by atoms with Crippen molar-refractivity contribution < 1.29 is 0 Å². The van der Waals surface area contributed by atoms with Crippen LogP contribution in [0.2, 0.25) is 0 Å². The monoisotopic (exact) mass is 257 g/mol. The van der Waals surface area contributed by atoms with E-state index in [9.17, 15) is 0 Å². The fraction of sp³-hybridized carbons (Fsp3) is 0.667. The van der Waals surface area contributed by atoms with E-state index in [1.807, 2.05) is 0 Å². The van der Waals surface area contributed by atoms with Crippen LogP contribution in [0.3, 0.4) is 0 Å². The van der Waals surface area contributed by atoms with Crippen molar-refractivity contribution in [3.63, 3.8) is 0 Å². The minimum Gasteiger partial charge on any atom is -0.313 e. The van der Waals surface area contributed by atoms with Gasteiger partial charge in [-0.2, -0.15) is 0 Å². The van der Waals surface area contributed by atoms with Crippen LogP contribution in [-0.4, -0.2) is 12.6 Å². The van der Waals surface area contributed by atoms with Crippen LogP contribution in [0.4, 0.5) is 0 Å². The molecule has 1 aromatic carbocycles. The zero-order valence-corrected chi connectivity index (χ0v) is 12.6. The summed E-state index contributed by atoms with van der Waals surface area (Å²) in [6.07, 6.45) is 5.15. The Balaban J connectivity index is 1.92. The molecular weight excluding hydrogens is 230 g/mol. The van der Waals surface area contributed by atoms with Crippen molar-refractivity contribution in [1.82, 2.24) is 5.32 Å². The van der Waals surface area contributed by atoms with E-state index >= 15 is 0 Å². The van der Waals surface area contributed by atoms with Crippen LogP contribution in [0.25, 0.3) is 0 Å². The summed E-state index contributed by atoms with van der Waals surface area (Å²) < 4.78 is 0. The topological polar surface area (TPSA) is 12.0 Å². The molecule has 1 fully saturated rings. The molecule has 1 nitrogen and oxygen atoms in total. The lowest BCUT2D eigenvalue weighted by molar-refractivity contribution is -0.0378. The number of benzene rings is 1. The van der Waals surface area contributed by atoms with Gasteiger partial charge in [-0.15, -0.1) is 0 Å². The molecule has 19 heavy (non-hydrogen) atoms. The van der Waals surface area contributed by atoms with Gasteiger partial charge in [-0.3, -0.25) is 0 Å². The van der Waals surface area contributed by atoms with Crippen LogP contribution in [0.5, 0.6) is 0 Å². The van der Waals surface area contributed by atoms with Crippen molar-refractivity contribution in [2.24, 2.45) is 11.3 Å². The van der Waals surface area contributed by atoms with Crippen LogP contribution in [0.1, 0.15) is 57.1 Å². The lowest BCUT2D eigenvalue weighted by Gasteiger charge is -2.60. The molecule has 3 unspecified atom stereocenters. The standard InChI is InChI=1S/C18H27N/c1-4-11-19-17-15-12-13-9-7-8-10-14(13)16(15)18(17,5-2)6-3/h7-10,15-17,19H,4-6,11-12H2,1-3H3. The van der Waals surface area contributed by atoms with Gasteiger partial charge in [0.2, 0.25) is 0 Å². The normalized spacial score (nSPS) is 30.6. The first-order valence-corrected chi connectivity index (χ1v) is 8.09. The van der Waals surface area contributed by atoms with E-state index in [-0.39, 0.29) is 0 Å². The predicted octanol–water partition coefficient (Wildman–Crippen LogP) is 4.13. The van der Waals surface area contributed by atoms with E-state index in [0.717, 1.165) is 17.9 Å². The lowest BCUT2D eigenvalue weighted by Crippen LogP contribution is -2.63. The smallest absolute Gasteiger partial charge is 0.0167 e. The molecule has 0 aromatic heterocycles. The highest BCUT2D eigenvalue weighted by Crippen LogP contribution is 2.65. The van der Waals surface area contributed by atoms with Gasteiger partial charge in [-0.05, 0) is 60.6 Å². The average molecular weight is 257 g/mol. The fourth-order valence-electron chi connectivity index (χ4n) is 4.96. The van der Waals surface area contributed by atoms with Crippen molar-refractivity contribution in [2.75, 3.05) is 6.54 Å². The average Bonchev–Trinajstić information content (AvgIpc) is 2.78. The van der Waals surface area contributed by atoms with Gasteiger partial charge in [0.1, 0.15) is 0 Å². The number of nitrogens with one attached hydrogen (secondary N) is 1. The van der Waals surface area contributed by atoms with Crippen LogP contribution >= 0.6 is 0 Å². The maximum Gasteiger partial charge on any atom is 0.0167 e. The van der Waals surface area contributed by atoms with Crippen molar-refractivity contribution in [1.29, 1.82) is 0 Å². The predicted molar refractivity (Wildman–Crippen MR) is 81.5 cm³/mol. The van der Waals surface area contributed by atoms with Gasteiger partial charge in [0.05, 0.1) is 0 Å². The maximum atomic E-state index is 3.87. The lowest BCUT2D eigenvalue weighted by atomic mass is 9.48. The van der Waals surface area contributed by atoms with Crippen molar-refractivity contribution in [3.05, 3.63) is 35.4 Å². The summed E-state index contributed by atoms with van der Waals surface area (Å²) in [6.45, 7) is 8.22. The zero-order valence-electron chi connectivity index (χ0n) is 12.6. The van der Waals surface area contributed by atoms with Gasteiger partial charge in [-0.1, -0.05) is 45.0 Å². The third-order valence-electron chi connectivity index (χ3n) is 5.87. The molecule has 3 atom stereocenters. The van der Waals surface area contributed by atoms with Crippen LogP contribution in [0.15, 0.2) is 24.3 Å². The van der Waals surface area contributed by atoms with Gasteiger partial charge in [0.15, 0.2) is 0 Å². The molecular formula is C18H27N. The molecule has 2 aliphatic carbocycles. The molecule has 0 radical (unpaired) electrons. The first-order valence-electron chi connectivity index (χ1n) is 8.09. The van der Waals surface area contributed by atoms with Crippen LogP contribution in [-0.2, 0) is 6.42 Å². The highest BCUT2D eigenvalue weighted by molar-refractivity contribution is 5.43. The Kier molecular flexibility index (Phi) is 3.42. The van der Waals surface area contributed by atoms with Gasteiger partial charge in [0.25, 0.3) is 0 Å². The first-order chi connectivity index (χ1) is 9.28. The molecule has 1 N–H and O–H groups in total. The summed E-state index contributed by atoms with van der Waals surface area (Å²) in [7, 11) is 0. The van der Waals surface area contributed by atoms with E-state index in [4.69, 9.17) is 0 Å². The van der Waals surface area contributed by atoms with Gasteiger partial charge >= 0.3 is 0 Å². The second kappa shape index (κ2) is 4.94. The Morgan fingerprint density at radius 1 is 1.16 bits per heavy atom. The third kappa shape index (κ3) is 1.71. The molecule has 0 amide bonds. The zero-order chi connectivity index (χ0) is 13.5. The molecule has 0 saturated heterocycles. The maximum absolute atomic E-state index is 3.87. The third-order valence-corrected chi connectivity index (χ3v) is 5.87. The van der Waals surface area contributed by atoms with Gasteiger partial charge in [0, 0.05) is 6.04 Å². The molecule has 104 valence electrons. The number of hydrogen-bond acceptors (Lipinski definition) is 1. The highest BCUT2D eigenvalue weighted by atomic mass is 15.0. The Morgan fingerprint density at radius 3 is 2.58 bits per heavy atom. The minimum atomic E-state index is 0.506. The molecule has 0 spiro atoms. The molecule has 1 heteroatoms. The summed E-state index contributed by atoms with van der Waals surface area (Å²) in [5, 5.41) is 3.87. The van der Waals surface area contributed by atoms with Gasteiger partial charge in [-0.25, -0.2) is 0 Å². The molecule has 2 aliphatic rings. The second-order valence-corrected chi connectivity index (χ2v) is 6.42. The highest BCUT2D eigenvalue weighted by Gasteiger charge is 2.62. The molecule has 0 aliphatic heterocycles. The number of rotatable bonds is 5. The number of hydrogen-bond donors (Lipinski definition) is 1. The van der Waals surface area contributed by atoms with E-state index in [0.29, 0.717) is 5.41 Å². The Morgan fingerprint density at radius 2 is 1.89 bits per heavy atom. The summed E-state index contributed by atoms with van der Waals surface area (Å²) >= 11 is 0. The SMILES string of the molecule is CCCNC1C2Cc3ccccc3C2C1(CC)CC. The molecule has 0 bridgehead atoms. The van der Waals surface area contributed by atoms with E-state index in [1.54, 1.807) is 11.1 Å². The minimum absolute atomic E-state index is 0.506. The quantitative estimate of drug-likeness (QED) is 0.836. The van der Waals surface area contributed by atoms with E-state index in [1.165, 1.54) is 32.2 Å².